The molecule has 2 aliphatic rings. The molecule has 0 amide bonds. The smallest absolute Gasteiger partial charge is 0.216 e. The van der Waals surface area contributed by atoms with Crippen molar-refractivity contribution in [2.75, 3.05) is 38.5 Å². The van der Waals surface area contributed by atoms with Crippen molar-refractivity contribution in [3.05, 3.63) is 35.9 Å². The highest BCUT2D eigenvalue weighted by atomic mass is 32.2. The third-order valence-corrected chi connectivity index (χ3v) is 6.55. The van der Waals surface area contributed by atoms with Gasteiger partial charge in [0, 0.05) is 13.1 Å². The summed E-state index contributed by atoms with van der Waals surface area (Å²) in [6, 6.07) is 9.59. The number of nitrogens with zero attached hydrogens (tertiary/aromatic N) is 2. The molecule has 6 heteroatoms. The second kappa shape index (κ2) is 7.30. The molecule has 0 bridgehead atoms. The van der Waals surface area contributed by atoms with Crippen molar-refractivity contribution in [3.63, 3.8) is 0 Å². The Morgan fingerprint density at radius 2 is 1.87 bits per heavy atom. The Morgan fingerprint density at radius 1 is 1.17 bits per heavy atom. The summed E-state index contributed by atoms with van der Waals surface area (Å²) in [5, 5.41) is 0. The fraction of sp³-hybridized carbons (Fsp3) is 0.647. The zero-order chi connectivity index (χ0) is 16.3. The molecule has 2 aliphatic heterocycles. The van der Waals surface area contributed by atoms with Gasteiger partial charge >= 0.3 is 0 Å². The van der Waals surface area contributed by atoms with E-state index in [1.54, 1.807) is 4.31 Å². The monoisotopic (exact) mass is 338 g/mol. The number of likely N-dealkylation sites (tertiary alicyclic amines) is 1. The Morgan fingerprint density at radius 3 is 2.57 bits per heavy atom. The number of benzene rings is 1. The molecule has 3 rings (SSSR count). The van der Waals surface area contributed by atoms with Gasteiger partial charge in [-0.25, -0.2) is 8.42 Å². The van der Waals surface area contributed by atoms with E-state index in [0.717, 1.165) is 18.7 Å². The predicted molar refractivity (Wildman–Crippen MR) is 90.8 cm³/mol. The second-order valence-electron chi connectivity index (χ2n) is 6.50. The van der Waals surface area contributed by atoms with Gasteiger partial charge in [-0.2, -0.15) is 4.31 Å². The summed E-state index contributed by atoms with van der Waals surface area (Å²) in [6.45, 7) is 5.48. The van der Waals surface area contributed by atoms with Crippen molar-refractivity contribution in [1.82, 2.24) is 9.21 Å². The van der Waals surface area contributed by atoms with Crippen LogP contribution >= 0.6 is 0 Å². The van der Waals surface area contributed by atoms with Gasteiger partial charge in [0.25, 0.3) is 0 Å². The Kier molecular flexibility index (Phi) is 5.36. The van der Waals surface area contributed by atoms with Crippen molar-refractivity contribution in [1.29, 1.82) is 0 Å². The standard InChI is InChI=1S/C17H26N2O3S/c1-15-13-19(17(14-22-15)16-7-3-2-4-8-16)23(20,21)12-11-18-9-5-6-10-18/h2-4,7-8,15,17H,5-6,9-14H2,1H3/t15-,17+/m1/s1. The first-order valence-electron chi connectivity index (χ1n) is 8.45. The molecule has 0 aromatic heterocycles. The van der Waals surface area contributed by atoms with Crippen molar-refractivity contribution in [2.24, 2.45) is 0 Å². The van der Waals surface area contributed by atoms with E-state index in [-0.39, 0.29) is 17.9 Å². The molecule has 2 saturated heterocycles. The Bertz CT molecular complexity index is 600. The van der Waals surface area contributed by atoms with Crippen molar-refractivity contribution < 1.29 is 13.2 Å². The van der Waals surface area contributed by atoms with E-state index in [0.29, 0.717) is 19.7 Å². The summed E-state index contributed by atoms with van der Waals surface area (Å²) in [5.74, 6) is 0.197. The topological polar surface area (TPSA) is 49.9 Å². The van der Waals surface area contributed by atoms with Crippen LogP contribution in [0.3, 0.4) is 0 Å². The summed E-state index contributed by atoms with van der Waals surface area (Å²) in [5.41, 5.74) is 1.00. The van der Waals surface area contributed by atoms with Crippen LogP contribution in [0.25, 0.3) is 0 Å². The van der Waals surface area contributed by atoms with E-state index >= 15 is 0 Å². The quantitative estimate of drug-likeness (QED) is 0.822. The van der Waals surface area contributed by atoms with Crippen LogP contribution in [-0.2, 0) is 14.8 Å². The highest BCUT2D eigenvalue weighted by Crippen LogP contribution is 2.29. The lowest BCUT2D eigenvalue weighted by Gasteiger charge is -2.38. The summed E-state index contributed by atoms with van der Waals surface area (Å²) in [7, 11) is -3.29. The number of hydrogen-bond donors (Lipinski definition) is 0. The lowest BCUT2D eigenvalue weighted by atomic mass is 10.1. The molecular weight excluding hydrogens is 312 g/mol. The van der Waals surface area contributed by atoms with Crippen LogP contribution in [0.4, 0.5) is 0 Å². The molecule has 1 aromatic carbocycles. The first kappa shape index (κ1) is 16.9. The van der Waals surface area contributed by atoms with Crippen molar-refractivity contribution in [3.8, 4) is 0 Å². The molecule has 0 radical (unpaired) electrons. The van der Waals surface area contributed by atoms with Crippen molar-refractivity contribution >= 4 is 10.0 Å². The van der Waals surface area contributed by atoms with Gasteiger partial charge < -0.3 is 9.64 Å². The zero-order valence-corrected chi connectivity index (χ0v) is 14.5. The van der Waals surface area contributed by atoms with Gasteiger partial charge in [0.05, 0.1) is 24.5 Å². The normalized spacial score (nSPS) is 27.3. The van der Waals surface area contributed by atoms with Gasteiger partial charge in [-0.1, -0.05) is 30.3 Å². The third kappa shape index (κ3) is 4.12. The molecule has 0 spiro atoms. The van der Waals surface area contributed by atoms with Crippen LogP contribution in [0.2, 0.25) is 0 Å². The van der Waals surface area contributed by atoms with Gasteiger partial charge in [-0.05, 0) is 38.4 Å². The highest BCUT2D eigenvalue weighted by molar-refractivity contribution is 7.89. The molecule has 1 aromatic rings. The van der Waals surface area contributed by atoms with E-state index < -0.39 is 10.0 Å². The van der Waals surface area contributed by atoms with E-state index in [2.05, 4.69) is 4.90 Å². The van der Waals surface area contributed by atoms with Gasteiger partial charge in [-0.15, -0.1) is 0 Å². The zero-order valence-electron chi connectivity index (χ0n) is 13.7. The molecule has 0 unspecified atom stereocenters. The van der Waals surface area contributed by atoms with Crippen LogP contribution in [0.15, 0.2) is 30.3 Å². The fourth-order valence-corrected chi connectivity index (χ4v) is 5.12. The van der Waals surface area contributed by atoms with Crippen LogP contribution < -0.4 is 0 Å². The first-order valence-corrected chi connectivity index (χ1v) is 10.1. The Balaban J connectivity index is 1.74. The van der Waals surface area contributed by atoms with Crippen LogP contribution in [0.5, 0.6) is 0 Å². The van der Waals surface area contributed by atoms with Crippen molar-refractivity contribution in [2.45, 2.75) is 31.9 Å². The molecule has 2 fully saturated rings. The van der Waals surface area contributed by atoms with Gasteiger partial charge in [0.15, 0.2) is 0 Å². The molecule has 0 saturated carbocycles. The summed E-state index contributed by atoms with van der Waals surface area (Å²) >= 11 is 0. The molecular formula is C17H26N2O3S. The number of rotatable bonds is 5. The number of sulfonamides is 1. The van der Waals surface area contributed by atoms with Crippen LogP contribution in [-0.4, -0.2) is 62.3 Å². The number of ether oxygens (including phenoxy) is 1. The molecule has 5 nitrogen and oxygen atoms in total. The maximum Gasteiger partial charge on any atom is 0.216 e. The van der Waals surface area contributed by atoms with E-state index in [4.69, 9.17) is 4.74 Å². The van der Waals surface area contributed by atoms with Gasteiger partial charge in [0.1, 0.15) is 0 Å². The fourth-order valence-electron chi connectivity index (χ4n) is 3.38. The molecule has 2 atom stereocenters. The average molecular weight is 338 g/mol. The molecule has 0 aliphatic carbocycles. The lowest BCUT2D eigenvalue weighted by Crippen LogP contribution is -2.48. The largest absolute Gasteiger partial charge is 0.375 e. The first-order chi connectivity index (χ1) is 11.1. The predicted octanol–water partition coefficient (Wildman–Crippen LogP) is 1.87. The van der Waals surface area contributed by atoms with E-state index in [1.165, 1.54) is 12.8 Å². The summed E-state index contributed by atoms with van der Waals surface area (Å²) in [4.78, 5) is 2.25. The lowest BCUT2D eigenvalue weighted by molar-refractivity contribution is -0.0231. The summed E-state index contributed by atoms with van der Waals surface area (Å²) in [6.07, 6.45) is 2.30. The average Bonchev–Trinajstić information content (AvgIpc) is 3.07. The minimum absolute atomic E-state index is 0.0588. The van der Waals surface area contributed by atoms with E-state index in [1.807, 2.05) is 37.3 Å². The number of hydrogen-bond acceptors (Lipinski definition) is 4. The van der Waals surface area contributed by atoms with Gasteiger partial charge in [0.2, 0.25) is 10.0 Å². The molecule has 23 heavy (non-hydrogen) atoms. The van der Waals surface area contributed by atoms with E-state index in [9.17, 15) is 8.42 Å². The Labute approximate surface area is 139 Å². The van der Waals surface area contributed by atoms with Gasteiger partial charge in [-0.3, -0.25) is 0 Å². The molecule has 2 heterocycles. The minimum Gasteiger partial charge on any atom is -0.375 e. The number of morpholine rings is 1. The Hall–Kier alpha value is -0.950. The van der Waals surface area contributed by atoms with Crippen LogP contribution in [0.1, 0.15) is 31.4 Å². The SMILES string of the molecule is C[C@@H]1CN(S(=O)(=O)CCN2CCCC2)[C@H](c2ccccc2)CO1. The highest BCUT2D eigenvalue weighted by Gasteiger charge is 2.36. The third-order valence-electron chi connectivity index (χ3n) is 4.73. The summed E-state index contributed by atoms with van der Waals surface area (Å²) < 4.78 is 33.2. The second-order valence-corrected chi connectivity index (χ2v) is 8.55. The van der Waals surface area contributed by atoms with Crippen LogP contribution in [0, 0.1) is 0 Å². The maximum atomic E-state index is 12.9. The maximum absolute atomic E-state index is 12.9. The molecule has 128 valence electrons. The minimum atomic E-state index is -3.29. The molecule has 0 N–H and O–H groups in total.